The smallest absolute Gasteiger partial charge is 0.252 e. The number of aromatic nitrogens is 3. The van der Waals surface area contributed by atoms with E-state index in [1.807, 2.05) is 13.3 Å². The van der Waals surface area contributed by atoms with Gasteiger partial charge in [0, 0.05) is 26.1 Å². The first-order valence-corrected chi connectivity index (χ1v) is 5.85. The van der Waals surface area contributed by atoms with Crippen molar-refractivity contribution >= 4 is 23.6 Å². The average Bonchev–Trinajstić information content (AvgIpc) is 2.69. The Morgan fingerprint density at radius 3 is 2.80 bits per heavy atom. The molecule has 82 valence electrons. The monoisotopic (exact) mass is 227 g/mol. The van der Waals surface area contributed by atoms with E-state index in [-0.39, 0.29) is 11.9 Å². The Labute approximate surface area is 91.8 Å². The first kappa shape index (κ1) is 10.4. The first-order valence-electron chi connectivity index (χ1n) is 4.62. The fraction of sp³-hybridized carbons (Fsp3) is 0.625. The van der Waals surface area contributed by atoms with Crippen molar-refractivity contribution in [3.63, 3.8) is 0 Å². The highest BCUT2D eigenvalue weighted by molar-refractivity contribution is 7.98. The van der Waals surface area contributed by atoms with E-state index in [1.54, 1.807) is 9.58 Å². The number of nitrogens with zero attached hydrogens (tertiary/aromatic N) is 4. The summed E-state index contributed by atoms with van der Waals surface area (Å²) >= 11 is 1.50. The Morgan fingerprint density at radius 2 is 2.33 bits per heavy atom. The van der Waals surface area contributed by atoms with Crippen LogP contribution in [0.4, 0.5) is 5.95 Å². The summed E-state index contributed by atoms with van der Waals surface area (Å²) in [6.07, 6.45) is 2.30. The molecule has 2 heterocycles. The van der Waals surface area contributed by atoms with Gasteiger partial charge >= 0.3 is 0 Å². The zero-order valence-corrected chi connectivity index (χ0v) is 9.49. The summed E-state index contributed by atoms with van der Waals surface area (Å²) in [4.78, 5) is 17.3. The predicted molar refractivity (Wildman–Crippen MR) is 57.7 cm³/mol. The number of hydrogen-bond acceptors (Lipinski definition) is 5. The number of hydrogen-bond donors (Lipinski definition) is 1. The maximum atomic E-state index is 11.5. The lowest BCUT2D eigenvalue weighted by Gasteiger charge is -2.09. The molecular formula is C8H13N5OS. The third-order valence-corrected chi connectivity index (χ3v) is 3.01. The van der Waals surface area contributed by atoms with Crippen LogP contribution in [0.15, 0.2) is 5.16 Å². The molecule has 1 aliphatic rings. The molecule has 0 bridgehead atoms. The van der Waals surface area contributed by atoms with Crippen molar-refractivity contribution in [1.29, 1.82) is 0 Å². The van der Waals surface area contributed by atoms with Crippen LogP contribution in [0.2, 0.25) is 0 Å². The molecule has 1 fully saturated rings. The Morgan fingerprint density at radius 1 is 1.60 bits per heavy atom. The molecule has 0 spiro atoms. The van der Waals surface area contributed by atoms with Crippen LogP contribution in [-0.4, -0.2) is 39.5 Å². The number of carbonyl (C=O) groups is 1. The summed E-state index contributed by atoms with van der Waals surface area (Å²) in [6.45, 7) is 0.511. The fourth-order valence-corrected chi connectivity index (χ4v) is 2.06. The second kappa shape index (κ2) is 3.82. The number of nitrogens with two attached hydrogens (primary N) is 1. The number of amides is 1. The van der Waals surface area contributed by atoms with Gasteiger partial charge in [-0.25, -0.2) is 4.68 Å². The maximum absolute atomic E-state index is 11.5. The molecule has 1 amide bonds. The number of rotatable bonds is 2. The van der Waals surface area contributed by atoms with Crippen molar-refractivity contribution in [1.82, 2.24) is 14.8 Å². The van der Waals surface area contributed by atoms with Crippen molar-refractivity contribution < 1.29 is 4.79 Å². The van der Waals surface area contributed by atoms with E-state index in [2.05, 4.69) is 10.1 Å². The minimum Gasteiger partial charge on any atom is -0.326 e. The average molecular weight is 227 g/mol. The SMILES string of the molecule is CSc1nc(N2CC(N)CC2=O)nn1C. The largest absolute Gasteiger partial charge is 0.326 e. The Bertz CT molecular complexity index is 390. The molecule has 1 unspecified atom stereocenters. The van der Waals surface area contributed by atoms with Crippen molar-refractivity contribution in [2.45, 2.75) is 17.6 Å². The van der Waals surface area contributed by atoms with Gasteiger partial charge in [0.25, 0.3) is 5.95 Å². The van der Waals surface area contributed by atoms with Crippen LogP contribution in [0, 0.1) is 0 Å². The van der Waals surface area contributed by atoms with E-state index in [4.69, 9.17) is 5.73 Å². The standard InChI is InChI=1S/C8H13N5OS/c1-12-8(15-2)10-7(11-12)13-4-5(9)3-6(13)14/h5H,3-4,9H2,1-2H3. The van der Waals surface area contributed by atoms with E-state index in [0.29, 0.717) is 18.9 Å². The van der Waals surface area contributed by atoms with Gasteiger partial charge in [0.15, 0.2) is 5.16 Å². The van der Waals surface area contributed by atoms with Gasteiger partial charge in [0.1, 0.15) is 0 Å². The summed E-state index contributed by atoms with van der Waals surface area (Å²) in [5.41, 5.74) is 5.70. The zero-order chi connectivity index (χ0) is 11.0. The highest BCUT2D eigenvalue weighted by Crippen LogP contribution is 2.20. The van der Waals surface area contributed by atoms with Gasteiger partial charge in [-0.2, -0.15) is 4.98 Å². The van der Waals surface area contributed by atoms with Gasteiger partial charge < -0.3 is 5.73 Å². The van der Waals surface area contributed by atoms with Crippen molar-refractivity contribution in [2.75, 3.05) is 17.7 Å². The van der Waals surface area contributed by atoms with Crippen LogP contribution < -0.4 is 10.6 Å². The van der Waals surface area contributed by atoms with Gasteiger partial charge in [-0.05, 0) is 6.26 Å². The topological polar surface area (TPSA) is 77.0 Å². The first-order chi connectivity index (χ1) is 7.11. The van der Waals surface area contributed by atoms with Gasteiger partial charge in [-0.15, -0.1) is 5.10 Å². The summed E-state index contributed by atoms with van der Waals surface area (Å²) in [5.74, 6) is 0.459. The molecule has 0 aliphatic carbocycles. The van der Waals surface area contributed by atoms with E-state index in [1.165, 1.54) is 11.8 Å². The van der Waals surface area contributed by atoms with Crippen molar-refractivity contribution in [3.8, 4) is 0 Å². The van der Waals surface area contributed by atoms with Crippen LogP contribution in [0.5, 0.6) is 0 Å². The third kappa shape index (κ3) is 1.84. The van der Waals surface area contributed by atoms with E-state index < -0.39 is 0 Å². The Kier molecular flexibility index (Phi) is 2.66. The highest BCUT2D eigenvalue weighted by Gasteiger charge is 2.30. The zero-order valence-electron chi connectivity index (χ0n) is 8.67. The Balaban J connectivity index is 2.26. The van der Waals surface area contributed by atoms with Crippen LogP contribution in [0.25, 0.3) is 0 Å². The number of aryl methyl sites for hydroxylation is 1. The third-order valence-electron chi connectivity index (χ3n) is 2.29. The van der Waals surface area contributed by atoms with E-state index in [9.17, 15) is 4.79 Å². The molecule has 0 saturated carbocycles. The summed E-state index contributed by atoms with van der Waals surface area (Å²) < 4.78 is 1.66. The predicted octanol–water partition coefficient (Wildman–Crippen LogP) is -0.399. The molecule has 2 rings (SSSR count). The summed E-state index contributed by atoms with van der Waals surface area (Å²) in [6, 6.07) is -0.0981. The lowest BCUT2D eigenvalue weighted by atomic mass is 10.3. The molecule has 2 N–H and O–H groups in total. The lowest BCUT2D eigenvalue weighted by molar-refractivity contribution is -0.117. The lowest BCUT2D eigenvalue weighted by Crippen LogP contribution is -2.28. The minimum absolute atomic E-state index is 0.000697. The van der Waals surface area contributed by atoms with Gasteiger partial charge in [-0.3, -0.25) is 9.69 Å². The maximum Gasteiger partial charge on any atom is 0.252 e. The normalized spacial score (nSPS) is 21.4. The highest BCUT2D eigenvalue weighted by atomic mass is 32.2. The van der Waals surface area contributed by atoms with Crippen LogP contribution in [0.3, 0.4) is 0 Å². The molecular weight excluding hydrogens is 214 g/mol. The van der Waals surface area contributed by atoms with Gasteiger partial charge in [0.2, 0.25) is 5.91 Å². The van der Waals surface area contributed by atoms with E-state index >= 15 is 0 Å². The van der Waals surface area contributed by atoms with Crippen molar-refractivity contribution in [3.05, 3.63) is 0 Å². The quantitative estimate of drug-likeness (QED) is 0.696. The molecule has 1 aromatic rings. The molecule has 1 aliphatic heterocycles. The molecule has 7 heteroatoms. The molecule has 1 atom stereocenters. The van der Waals surface area contributed by atoms with Gasteiger partial charge in [-0.1, -0.05) is 11.8 Å². The van der Waals surface area contributed by atoms with Crippen LogP contribution >= 0.6 is 11.8 Å². The molecule has 0 radical (unpaired) electrons. The second-order valence-electron chi connectivity index (χ2n) is 3.49. The van der Waals surface area contributed by atoms with E-state index in [0.717, 1.165) is 5.16 Å². The minimum atomic E-state index is -0.0981. The Hall–Kier alpha value is -1.08. The fourth-order valence-electron chi connectivity index (χ4n) is 1.58. The second-order valence-corrected chi connectivity index (χ2v) is 4.26. The molecule has 0 aromatic carbocycles. The summed E-state index contributed by atoms with van der Waals surface area (Å²) in [5, 5.41) is 4.97. The number of anilines is 1. The number of thioether (sulfide) groups is 1. The number of carbonyl (C=O) groups excluding carboxylic acids is 1. The summed E-state index contributed by atoms with van der Waals surface area (Å²) in [7, 11) is 1.81. The molecule has 1 aromatic heterocycles. The van der Waals surface area contributed by atoms with Crippen LogP contribution in [0.1, 0.15) is 6.42 Å². The van der Waals surface area contributed by atoms with Crippen molar-refractivity contribution in [2.24, 2.45) is 12.8 Å². The van der Waals surface area contributed by atoms with Gasteiger partial charge in [0.05, 0.1) is 0 Å². The van der Waals surface area contributed by atoms with Crippen LogP contribution in [-0.2, 0) is 11.8 Å². The molecule has 1 saturated heterocycles. The molecule has 15 heavy (non-hydrogen) atoms. The molecule has 6 nitrogen and oxygen atoms in total.